The molecule has 0 amide bonds. The predicted octanol–water partition coefficient (Wildman–Crippen LogP) is 8.05. The summed E-state index contributed by atoms with van der Waals surface area (Å²) in [6.45, 7) is 0. The zero-order valence-corrected chi connectivity index (χ0v) is 18.3. The summed E-state index contributed by atoms with van der Waals surface area (Å²) in [6.07, 6.45) is -93.1. The Labute approximate surface area is 218 Å². The van der Waals surface area contributed by atoms with Gasteiger partial charge in [0.25, 0.3) is 0 Å². The van der Waals surface area contributed by atoms with Gasteiger partial charge in [0.05, 0.1) is 0 Å². The highest BCUT2D eigenvalue weighted by molar-refractivity contribution is 4.81. The first-order valence-electron chi connectivity index (χ1n) is 8.61. The highest BCUT2D eigenvalue weighted by Gasteiger charge is 2.80. The SMILES string of the molecule is FC(F)(F)OC(F)(F)C(F)(F)OC(F)(F)C(F)(F)OC(F)(F)C(F)(F)OC(F)(F)C(F)(F)OC(F)(F)C(F)(F)OC(F)(F)F. The van der Waals surface area contributed by atoms with Crippen LogP contribution in [0.15, 0.2) is 0 Å². The quantitative estimate of drug-likeness (QED) is 0.159. The highest BCUT2D eigenvalue weighted by Crippen LogP contribution is 2.53. The van der Waals surface area contributed by atoms with Crippen molar-refractivity contribution in [2.24, 2.45) is 0 Å². The van der Waals surface area contributed by atoms with Crippen LogP contribution in [0, 0.1) is 0 Å². The minimum atomic E-state index is -8.19. The fourth-order valence-electron chi connectivity index (χ4n) is 1.53. The van der Waals surface area contributed by atoms with Crippen LogP contribution in [0.25, 0.3) is 0 Å². The number of rotatable bonds is 15. The fourth-order valence-corrected chi connectivity index (χ4v) is 1.53. The van der Waals surface area contributed by atoms with E-state index in [0.717, 1.165) is 9.47 Å². The molecule has 0 aromatic carbocycles. The van der Waals surface area contributed by atoms with E-state index in [-0.39, 0.29) is 0 Å². The molecule has 0 aliphatic heterocycles. The maximum atomic E-state index is 13.2. The van der Waals surface area contributed by atoms with Gasteiger partial charge in [0.2, 0.25) is 0 Å². The third-order valence-corrected chi connectivity index (χ3v) is 3.21. The number of hydrogen-bond donors (Lipinski definition) is 0. The Bertz CT molecular complexity index is 903. The lowest BCUT2D eigenvalue weighted by atomic mass is 10.4. The highest BCUT2D eigenvalue weighted by atomic mass is 19.4. The molecule has 0 bridgehead atoms. The van der Waals surface area contributed by atoms with Crippen LogP contribution < -0.4 is 0 Å². The van der Waals surface area contributed by atoms with E-state index in [1.807, 2.05) is 0 Å². The molecule has 0 aromatic heterocycles. The van der Waals surface area contributed by atoms with Crippen molar-refractivity contribution < 1.29 is 143 Å². The summed E-state index contributed by atoms with van der Waals surface area (Å²) in [5.41, 5.74) is 0. The Morgan fingerprint density at radius 2 is 0.250 bits per heavy atom. The molecule has 44 heavy (non-hydrogen) atoms. The molecule has 0 rings (SSSR count). The first-order valence-corrected chi connectivity index (χ1v) is 8.61. The van der Waals surface area contributed by atoms with Gasteiger partial charge in [0.1, 0.15) is 0 Å². The summed E-state index contributed by atoms with van der Waals surface area (Å²) in [5, 5.41) is 0. The molecule has 0 radical (unpaired) electrons. The minimum absolute atomic E-state index is 1.09. The van der Waals surface area contributed by atoms with E-state index in [0.29, 0.717) is 0 Å². The molecule has 0 heterocycles. The second-order valence-corrected chi connectivity index (χ2v) is 6.67. The molecular weight excluding hydrogens is 734 g/mol. The van der Waals surface area contributed by atoms with E-state index in [1.165, 1.54) is 18.9 Å². The summed E-state index contributed by atoms with van der Waals surface area (Å²) >= 11 is 0. The molecule has 266 valence electrons. The third kappa shape index (κ3) is 9.72. The van der Waals surface area contributed by atoms with E-state index in [4.69, 9.17) is 0 Å². The third-order valence-electron chi connectivity index (χ3n) is 3.21. The van der Waals surface area contributed by atoms with Crippen molar-refractivity contribution in [2.75, 3.05) is 0 Å². The molecule has 0 N–H and O–H groups in total. The molecule has 0 atom stereocenters. The Kier molecular flexibility index (Phi) is 10.8. The van der Waals surface area contributed by atoms with E-state index in [1.54, 1.807) is 0 Å². The van der Waals surface area contributed by atoms with Gasteiger partial charge in [0.15, 0.2) is 0 Å². The zero-order valence-electron chi connectivity index (χ0n) is 18.3. The summed E-state index contributed by atoms with van der Waals surface area (Å²) < 4.78 is 337. The average molecular weight is 734 g/mol. The predicted molar refractivity (Wildman–Crippen MR) is 68.1 cm³/mol. The number of ether oxygens (including phenoxy) is 6. The molecule has 32 heteroatoms. The summed E-state index contributed by atoms with van der Waals surface area (Å²) in [6, 6.07) is 0. The molecule has 6 nitrogen and oxygen atoms in total. The second-order valence-electron chi connectivity index (χ2n) is 6.67. The van der Waals surface area contributed by atoms with Crippen LogP contribution in [-0.4, -0.2) is 73.8 Å². The summed E-state index contributed by atoms with van der Waals surface area (Å²) in [4.78, 5) is 0. The fraction of sp³-hybridized carbons (Fsp3) is 1.00. The lowest BCUT2D eigenvalue weighted by Gasteiger charge is -2.36. The van der Waals surface area contributed by atoms with E-state index in [2.05, 4.69) is 0 Å². The van der Waals surface area contributed by atoms with Crippen molar-refractivity contribution >= 4 is 0 Å². The van der Waals surface area contributed by atoms with Gasteiger partial charge in [0, 0.05) is 0 Å². The molecule has 0 aliphatic rings. The van der Waals surface area contributed by atoms with Gasteiger partial charge >= 0.3 is 73.8 Å². The number of halogens is 26. The Morgan fingerprint density at radius 1 is 0.159 bits per heavy atom. The van der Waals surface area contributed by atoms with Gasteiger partial charge in [-0.3, -0.25) is 0 Å². The van der Waals surface area contributed by atoms with Crippen LogP contribution in [0.3, 0.4) is 0 Å². The molecule has 0 unspecified atom stereocenters. The van der Waals surface area contributed by atoms with Crippen molar-refractivity contribution in [3.8, 4) is 0 Å². The molecule has 0 fully saturated rings. The topological polar surface area (TPSA) is 55.4 Å². The van der Waals surface area contributed by atoms with Gasteiger partial charge in [-0.25, -0.2) is 28.4 Å². The van der Waals surface area contributed by atoms with Gasteiger partial charge in [-0.2, -0.15) is 87.8 Å². The van der Waals surface area contributed by atoms with E-state index < -0.39 is 73.8 Å². The van der Waals surface area contributed by atoms with Gasteiger partial charge < -0.3 is 0 Å². The smallest absolute Gasteiger partial charge is 0.241 e. The van der Waals surface area contributed by atoms with Crippen LogP contribution in [0.2, 0.25) is 0 Å². The Hall–Kier alpha value is -2.06. The van der Waals surface area contributed by atoms with Crippen molar-refractivity contribution in [2.45, 2.75) is 73.8 Å². The largest absolute Gasteiger partial charge is 0.527 e. The zero-order chi connectivity index (χ0) is 36.2. The monoisotopic (exact) mass is 734 g/mol. The van der Waals surface area contributed by atoms with Crippen molar-refractivity contribution in [3.05, 3.63) is 0 Å². The van der Waals surface area contributed by atoms with Gasteiger partial charge in [-0.05, 0) is 0 Å². The van der Waals surface area contributed by atoms with Crippen LogP contribution in [-0.2, 0) is 28.4 Å². The van der Waals surface area contributed by atoms with Gasteiger partial charge in [-0.15, -0.1) is 26.3 Å². The normalized spacial score (nSPS) is 16.5. The molecular formula is C12F26O6. The van der Waals surface area contributed by atoms with Crippen LogP contribution in [0.1, 0.15) is 0 Å². The lowest BCUT2D eigenvalue weighted by molar-refractivity contribution is -0.596. The summed E-state index contributed by atoms with van der Waals surface area (Å²) in [7, 11) is 0. The minimum Gasteiger partial charge on any atom is -0.241 e. The molecule has 0 aromatic rings. The molecule has 0 spiro atoms. The van der Waals surface area contributed by atoms with Gasteiger partial charge in [-0.1, -0.05) is 0 Å². The first kappa shape index (κ1) is 41.9. The molecule has 0 saturated carbocycles. The van der Waals surface area contributed by atoms with Crippen LogP contribution in [0.4, 0.5) is 114 Å². The van der Waals surface area contributed by atoms with E-state index in [9.17, 15) is 114 Å². The maximum absolute atomic E-state index is 13.2. The first-order chi connectivity index (χ1) is 18.5. The average Bonchev–Trinajstić information content (AvgIpc) is 2.59. The van der Waals surface area contributed by atoms with E-state index >= 15 is 0 Å². The number of alkyl halides is 26. The maximum Gasteiger partial charge on any atom is 0.527 e. The van der Waals surface area contributed by atoms with Crippen molar-refractivity contribution in [1.82, 2.24) is 0 Å². The lowest BCUT2D eigenvalue weighted by Crippen LogP contribution is -2.61. The summed E-state index contributed by atoms with van der Waals surface area (Å²) in [5.74, 6) is 0. The van der Waals surface area contributed by atoms with Crippen molar-refractivity contribution in [1.29, 1.82) is 0 Å². The molecule has 0 saturated heterocycles. The van der Waals surface area contributed by atoms with Crippen LogP contribution >= 0.6 is 0 Å². The molecule has 0 aliphatic carbocycles. The second kappa shape index (κ2) is 11.3. The standard InChI is InChI=1S/C12F26O6/c13-1(14,39-3(17,18)5(21,22)41-7(25,26)9(29,30)43-11(33,34)35)2(15,16)40-4(19,20)6(23,24)42-8(27,28)10(31,32)44-12(36,37)38. The Morgan fingerprint density at radius 3 is 0.341 bits per heavy atom. The van der Waals surface area contributed by atoms with Crippen LogP contribution in [0.5, 0.6) is 0 Å². The Balaban J connectivity index is 6.19. The number of hydrogen-bond acceptors (Lipinski definition) is 6. The van der Waals surface area contributed by atoms with Crippen molar-refractivity contribution in [3.63, 3.8) is 0 Å².